The first kappa shape index (κ1) is 21.8. The number of nitro benzene ring substituents is 2. The van der Waals surface area contributed by atoms with E-state index in [1.54, 1.807) is 0 Å². The van der Waals surface area contributed by atoms with Crippen molar-refractivity contribution >= 4 is 34.7 Å². The van der Waals surface area contributed by atoms with Gasteiger partial charge in [0.2, 0.25) is 0 Å². The number of esters is 2. The molecule has 0 fully saturated rings. The van der Waals surface area contributed by atoms with Crippen LogP contribution < -0.4 is 0 Å². The first-order valence-electron chi connectivity index (χ1n) is 8.10. The average molecular weight is 414 g/mol. The highest BCUT2D eigenvalue weighted by atomic mass is 16.6. The molecule has 154 valence electrons. The molecule has 0 aromatic heterocycles. The number of benzene rings is 2. The van der Waals surface area contributed by atoms with Gasteiger partial charge in [-0.3, -0.25) is 20.2 Å². The van der Waals surface area contributed by atoms with Gasteiger partial charge < -0.3 is 9.47 Å². The summed E-state index contributed by atoms with van der Waals surface area (Å²) in [5.41, 5.74) is -0.736. The van der Waals surface area contributed by atoms with E-state index in [0.29, 0.717) is 0 Å². The van der Waals surface area contributed by atoms with Crippen LogP contribution in [0.3, 0.4) is 0 Å². The van der Waals surface area contributed by atoms with Crippen LogP contribution in [0.4, 0.5) is 11.4 Å². The third kappa shape index (κ3) is 5.07. The molecule has 0 aliphatic carbocycles. The van der Waals surface area contributed by atoms with Crippen LogP contribution in [0.5, 0.6) is 0 Å². The van der Waals surface area contributed by atoms with Crippen LogP contribution in [0, 0.1) is 20.2 Å². The topological polar surface area (TPSA) is 164 Å². The lowest BCUT2D eigenvalue weighted by Crippen LogP contribution is -2.19. The maximum Gasteiger partial charge on any atom is 0.359 e. The zero-order valence-electron chi connectivity index (χ0n) is 15.7. The Morgan fingerprint density at radius 1 is 0.700 bits per heavy atom. The van der Waals surface area contributed by atoms with Crippen LogP contribution in [0.25, 0.3) is 0 Å². The summed E-state index contributed by atoms with van der Waals surface area (Å²) in [4.78, 5) is 44.5. The Kier molecular flexibility index (Phi) is 7.01. The number of hydrogen-bond acceptors (Lipinski definition) is 10. The molecule has 0 aliphatic heterocycles. The molecule has 0 bridgehead atoms. The molecule has 0 unspecified atom stereocenters. The molecule has 0 heterocycles. The average Bonchev–Trinajstić information content (AvgIpc) is 2.76. The molecule has 0 aliphatic rings. The summed E-state index contributed by atoms with van der Waals surface area (Å²) in [6.07, 6.45) is 0. The molecule has 30 heavy (non-hydrogen) atoms. The Morgan fingerprint density at radius 3 is 1.23 bits per heavy atom. The fourth-order valence-electron chi connectivity index (χ4n) is 2.21. The van der Waals surface area contributed by atoms with Crippen LogP contribution in [-0.2, 0) is 19.1 Å². The Bertz CT molecular complexity index is 957. The molecule has 0 saturated carbocycles. The third-order valence-corrected chi connectivity index (χ3v) is 3.71. The van der Waals surface area contributed by atoms with E-state index in [9.17, 15) is 29.8 Å². The first-order valence-corrected chi connectivity index (χ1v) is 8.10. The smallest absolute Gasteiger partial charge is 0.359 e. The number of nitro groups is 2. The lowest BCUT2D eigenvalue weighted by molar-refractivity contribution is -0.385. The summed E-state index contributed by atoms with van der Waals surface area (Å²) in [7, 11) is 2.20. The van der Waals surface area contributed by atoms with Crippen molar-refractivity contribution in [2.75, 3.05) is 14.2 Å². The van der Waals surface area contributed by atoms with Gasteiger partial charge in [0.25, 0.3) is 11.4 Å². The SMILES string of the molecule is COC(=O)/C(=N\N=C(/C(=O)OC)c1ccc([N+](=O)[O-])cc1)c1ccc([N+](=O)[O-])cc1. The Balaban J connectivity index is 2.53. The lowest BCUT2D eigenvalue weighted by Gasteiger charge is -2.05. The molecule has 0 amide bonds. The molecule has 0 spiro atoms. The molecule has 0 N–H and O–H groups in total. The van der Waals surface area contributed by atoms with Crippen molar-refractivity contribution in [1.82, 2.24) is 0 Å². The highest BCUT2D eigenvalue weighted by Crippen LogP contribution is 2.15. The fourth-order valence-corrected chi connectivity index (χ4v) is 2.21. The fraction of sp³-hybridized carbons (Fsp3) is 0.111. The number of ether oxygens (including phenoxy) is 2. The summed E-state index contributed by atoms with van der Waals surface area (Å²) in [5.74, 6) is -1.80. The molecule has 12 heteroatoms. The highest BCUT2D eigenvalue weighted by Gasteiger charge is 2.19. The van der Waals surface area contributed by atoms with Gasteiger partial charge in [-0.2, -0.15) is 0 Å². The van der Waals surface area contributed by atoms with Gasteiger partial charge in [0.1, 0.15) is 0 Å². The van der Waals surface area contributed by atoms with E-state index in [0.717, 1.165) is 38.5 Å². The number of carbonyl (C=O) groups excluding carboxylic acids is 2. The van der Waals surface area contributed by atoms with Crippen LogP contribution in [0.1, 0.15) is 11.1 Å². The van der Waals surface area contributed by atoms with Gasteiger partial charge in [-0.1, -0.05) is 0 Å². The first-order chi connectivity index (χ1) is 14.3. The summed E-state index contributed by atoms with van der Waals surface area (Å²) in [6, 6.07) is 9.73. The minimum absolute atomic E-state index is 0.157. The summed E-state index contributed by atoms with van der Waals surface area (Å²) in [5, 5.41) is 29.1. The molecular formula is C18H14N4O8. The summed E-state index contributed by atoms with van der Waals surface area (Å²) < 4.78 is 9.29. The molecule has 2 rings (SSSR count). The van der Waals surface area contributed by atoms with Crippen molar-refractivity contribution < 1.29 is 28.9 Å². The zero-order chi connectivity index (χ0) is 22.3. The van der Waals surface area contributed by atoms with Crippen molar-refractivity contribution in [3.8, 4) is 0 Å². The largest absolute Gasteiger partial charge is 0.464 e. The predicted octanol–water partition coefficient (Wildman–Crippen LogP) is 2.04. The number of non-ortho nitro benzene ring substituents is 2. The number of methoxy groups -OCH3 is 2. The third-order valence-electron chi connectivity index (χ3n) is 3.71. The highest BCUT2D eigenvalue weighted by molar-refractivity contribution is 6.45. The zero-order valence-corrected chi connectivity index (χ0v) is 15.7. The second-order valence-corrected chi connectivity index (χ2v) is 5.49. The normalized spacial score (nSPS) is 11.5. The molecule has 0 radical (unpaired) electrons. The maximum absolute atomic E-state index is 12.1. The lowest BCUT2D eigenvalue weighted by atomic mass is 10.1. The standard InChI is InChI=1S/C18H14N4O8/c1-29-17(23)15(11-3-7-13(8-4-11)21(25)26)19-20-16(18(24)30-2)12-5-9-14(10-6-12)22(27)28/h3-10H,1-2H3/b19-15-,20-16-. The number of hydrogen-bond donors (Lipinski definition) is 0. The van der Waals surface area contributed by atoms with Crippen molar-refractivity contribution in [2.24, 2.45) is 10.2 Å². The minimum Gasteiger partial charge on any atom is -0.464 e. The van der Waals surface area contributed by atoms with Crippen LogP contribution in [0.15, 0.2) is 58.7 Å². The van der Waals surface area contributed by atoms with Crippen molar-refractivity contribution in [3.05, 3.63) is 79.9 Å². The van der Waals surface area contributed by atoms with E-state index < -0.39 is 21.8 Å². The van der Waals surface area contributed by atoms with Crippen molar-refractivity contribution in [3.63, 3.8) is 0 Å². The predicted molar refractivity (Wildman–Crippen MR) is 103 cm³/mol. The van der Waals surface area contributed by atoms with Gasteiger partial charge in [-0.05, 0) is 24.3 Å². The summed E-state index contributed by atoms with van der Waals surface area (Å²) >= 11 is 0. The van der Waals surface area contributed by atoms with Crippen molar-refractivity contribution in [2.45, 2.75) is 0 Å². The van der Waals surface area contributed by atoms with E-state index >= 15 is 0 Å². The molecule has 0 saturated heterocycles. The Labute approximate surface area is 168 Å². The van der Waals surface area contributed by atoms with Gasteiger partial charge in [0, 0.05) is 35.4 Å². The number of rotatable bonds is 7. The molecular weight excluding hydrogens is 400 g/mol. The molecule has 0 atom stereocenters. The molecule has 2 aromatic rings. The molecule has 2 aromatic carbocycles. The van der Waals surface area contributed by atoms with Gasteiger partial charge in [0.15, 0.2) is 11.4 Å². The van der Waals surface area contributed by atoms with E-state index in [-0.39, 0.29) is 33.9 Å². The van der Waals surface area contributed by atoms with E-state index in [2.05, 4.69) is 19.7 Å². The van der Waals surface area contributed by atoms with Gasteiger partial charge in [-0.25, -0.2) is 9.59 Å². The van der Waals surface area contributed by atoms with Crippen LogP contribution in [0.2, 0.25) is 0 Å². The minimum atomic E-state index is -0.902. The van der Waals surface area contributed by atoms with Gasteiger partial charge in [0.05, 0.1) is 24.1 Å². The second-order valence-electron chi connectivity index (χ2n) is 5.49. The Hall–Kier alpha value is -4.48. The number of carbonyl (C=O) groups is 2. The summed E-state index contributed by atoms with van der Waals surface area (Å²) in [6.45, 7) is 0. The van der Waals surface area contributed by atoms with Crippen LogP contribution in [-0.4, -0.2) is 47.4 Å². The van der Waals surface area contributed by atoms with Gasteiger partial charge >= 0.3 is 11.9 Å². The monoisotopic (exact) mass is 414 g/mol. The molecule has 12 nitrogen and oxygen atoms in total. The van der Waals surface area contributed by atoms with Crippen LogP contribution >= 0.6 is 0 Å². The quantitative estimate of drug-likeness (QED) is 0.287. The van der Waals surface area contributed by atoms with Crippen molar-refractivity contribution in [1.29, 1.82) is 0 Å². The van der Waals surface area contributed by atoms with E-state index in [1.807, 2.05) is 0 Å². The van der Waals surface area contributed by atoms with E-state index in [1.165, 1.54) is 24.3 Å². The number of nitrogens with zero attached hydrogens (tertiary/aromatic N) is 4. The van der Waals surface area contributed by atoms with Gasteiger partial charge in [-0.15, -0.1) is 10.2 Å². The maximum atomic E-state index is 12.1. The Morgan fingerprint density at radius 2 is 1.00 bits per heavy atom. The van der Waals surface area contributed by atoms with E-state index in [4.69, 9.17) is 0 Å². The second kappa shape index (κ2) is 9.64.